The third-order valence-electron chi connectivity index (χ3n) is 4.46. The van der Waals surface area contributed by atoms with Crippen molar-refractivity contribution in [3.8, 4) is 0 Å². The second kappa shape index (κ2) is 14.0. The maximum absolute atomic E-state index is 12.0. The van der Waals surface area contributed by atoms with E-state index in [9.17, 15) is 4.79 Å². The summed E-state index contributed by atoms with van der Waals surface area (Å²) in [5, 5.41) is 6.67. The van der Waals surface area contributed by atoms with E-state index < -0.39 is 0 Å². The van der Waals surface area contributed by atoms with Crippen LogP contribution in [0.15, 0.2) is 53.5 Å². The van der Waals surface area contributed by atoms with Crippen LogP contribution >= 0.6 is 24.0 Å². The molecule has 164 valence electrons. The second-order valence-corrected chi connectivity index (χ2v) is 7.00. The highest BCUT2D eigenvalue weighted by atomic mass is 127. The first-order valence-corrected chi connectivity index (χ1v) is 9.94. The van der Waals surface area contributed by atoms with Gasteiger partial charge < -0.3 is 20.3 Å². The summed E-state index contributed by atoms with van der Waals surface area (Å²) in [7, 11) is 5.26. The lowest BCUT2D eigenvalue weighted by Crippen LogP contribution is -2.36. The zero-order chi connectivity index (χ0) is 21.1. The van der Waals surface area contributed by atoms with Crippen LogP contribution in [-0.2, 0) is 24.4 Å². The Balaban J connectivity index is 0.00000450. The number of hydrogen-bond acceptors (Lipinski definition) is 3. The molecular weight excluding hydrogens is 491 g/mol. The van der Waals surface area contributed by atoms with Gasteiger partial charge in [0.2, 0.25) is 0 Å². The van der Waals surface area contributed by atoms with Gasteiger partial charge in [0.25, 0.3) is 5.91 Å². The number of carbonyl (C=O) groups excluding carboxylic acids is 1. The van der Waals surface area contributed by atoms with Crippen molar-refractivity contribution >= 4 is 35.8 Å². The van der Waals surface area contributed by atoms with Crippen LogP contribution < -0.4 is 10.6 Å². The number of amides is 1. The number of guanidine groups is 1. The predicted octanol–water partition coefficient (Wildman–Crippen LogP) is 3.80. The monoisotopic (exact) mass is 524 g/mol. The van der Waals surface area contributed by atoms with Crippen molar-refractivity contribution in [1.29, 1.82) is 0 Å². The van der Waals surface area contributed by atoms with Crippen molar-refractivity contribution in [1.82, 2.24) is 15.5 Å². The molecular formula is C23H33IN4O2. The van der Waals surface area contributed by atoms with E-state index in [1.807, 2.05) is 36.4 Å². The first kappa shape index (κ1) is 25.9. The Morgan fingerprint density at radius 3 is 2.23 bits per heavy atom. The van der Waals surface area contributed by atoms with Crippen LogP contribution in [-0.4, -0.2) is 44.5 Å². The molecule has 1 amide bonds. The van der Waals surface area contributed by atoms with Gasteiger partial charge in [0, 0.05) is 46.4 Å². The fourth-order valence-electron chi connectivity index (χ4n) is 2.81. The molecule has 2 aromatic carbocycles. The van der Waals surface area contributed by atoms with Crippen LogP contribution in [0, 0.1) is 0 Å². The minimum absolute atomic E-state index is 0. The molecule has 0 aliphatic carbocycles. The predicted molar refractivity (Wildman–Crippen MR) is 133 cm³/mol. The van der Waals surface area contributed by atoms with Gasteiger partial charge in [0.15, 0.2) is 5.96 Å². The Morgan fingerprint density at radius 2 is 1.63 bits per heavy atom. The summed E-state index contributed by atoms with van der Waals surface area (Å²) in [6, 6.07) is 15.9. The van der Waals surface area contributed by atoms with Gasteiger partial charge in [-0.3, -0.25) is 9.79 Å². The fraction of sp³-hybridized carbons (Fsp3) is 0.391. The second-order valence-electron chi connectivity index (χ2n) is 7.00. The minimum Gasteiger partial charge on any atom is -0.377 e. The lowest BCUT2D eigenvalue weighted by molar-refractivity contribution is 0.0827. The Labute approximate surface area is 197 Å². The van der Waals surface area contributed by atoms with Crippen molar-refractivity contribution in [2.75, 3.05) is 27.7 Å². The molecule has 0 saturated carbocycles. The van der Waals surface area contributed by atoms with Crippen molar-refractivity contribution in [2.24, 2.45) is 4.99 Å². The molecule has 7 heteroatoms. The third-order valence-corrected chi connectivity index (χ3v) is 4.46. The van der Waals surface area contributed by atoms with Crippen LogP contribution in [0.5, 0.6) is 0 Å². The Morgan fingerprint density at radius 1 is 1.00 bits per heavy atom. The lowest BCUT2D eigenvalue weighted by Gasteiger charge is -2.15. The molecule has 0 fully saturated rings. The molecule has 6 nitrogen and oxygen atoms in total. The molecule has 0 heterocycles. The van der Waals surface area contributed by atoms with Crippen molar-refractivity contribution in [3.63, 3.8) is 0 Å². The average Bonchev–Trinajstić information content (AvgIpc) is 2.74. The van der Waals surface area contributed by atoms with Crippen molar-refractivity contribution in [2.45, 2.75) is 33.0 Å². The number of rotatable bonds is 9. The van der Waals surface area contributed by atoms with Crippen LogP contribution in [0.1, 0.15) is 40.4 Å². The number of nitrogens with zero attached hydrogens (tertiary/aromatic N) is 2. The number of benzene rings is 2. The van der Waals surface area contributed by atoms with E-state index in [0.717, 1.165) is 24.6 Å². The largest absolute Gasteiger partial charge is 0.377 e. The number of carbonyl (C=O) groups is 1. The average molecular weight is 524 g/mol. The van der Waals surface area contributed by atoms with E-state index in [4.69, 9.17) is 4.74 Å². The molecule has 2 aromatic rings. The lowest BCUT2D eigenvalue weighted by atomic mass is 10.1. The van der Waals surface area contributed by atoms with E-state index in [1.165, 1.54) is 11.1 Å². The molecule has 30 heavy (non-hydrogen) atoms. The minimum atomic E-state index is 0. The number of aliphatic imine (C=N–C) groups is 1. The van der Waals surface area contributed by atoms with Crippen LogP contribution in [0.2, 0.25) is 0 Å². The van der Waals surface area contributed by atoms with Crippen LogP contribution in [0.3, 0.4) is 0 Å². The van der Waals surface area contributed by atoms with Crippen LogP contribution in [0.25, 0.3) is 0 Å². The molecule has 0 spiro atoms. The highest BCUT2D eigenvalue weighted by Gasteiger charge is 2.08. The first-order chi connectivity index (χ1) is 14.0. The summed E-state index contributed by atoms with van der Waals surface area (Å²) < 4.78 is 5.69. The van der Waals surface area contributed by atoms with Gasteiger partial charge in [-0.2, -0.15) is 0 Å². The molecule has 2 N–H and O–H groups in total. The summed E-state index contributed by atoms with van der Waals surface area (Å²) >= 11 is 0. The Hall–Kier alpha value is -2.13. The Kier molecular flexibility index (Phi) is 12.1. The number of hydrogen-bond donors (Lipinski definition) is 2. The molecule has 2 rings (SSSR count). The zero-order valence-electron chi connectivity index (χ0n) is 18.3. The summed E-state index contributed by atoms with van der Waals surface area (Å²) in [5.74, 6) is 0.728. The van der Waals surface area contributed by atoms with Crippen molar-refractivity contribution < 1.29 is 9.53 Å². The van der Waals surface area contributed by atoms with E-state index in [-0.39, 0.29) is 29.9 Å². The molecule has 0 aromatic heterocycles. The zero-order valence-corrected chi connectivity index (χ0v) is 20.6. The van der Waals surface area contributed by atoms with E-state index in [0.29, 0.717) is 25.3 Å². The molecule has 0 saturated heterocycles. The number of ether oxygens (including phenoxy) is 1. The summed E-state index contributed by atoms with van der Waals surface area (Å²) in [5.41, 5.74) is 4.14. The standard InChI is InChI=1S/C23H32N4O2.HI/c1-5-14-29-17-21-9-7-6-8-20(21)16-26-23(24-2)25-15-18-10-12-19(13-11-18)22(28)27(3)4;/h6-13H,5,14-17H2,1-4H3,(H2,24,25,26);1H. The Bertz CT molecular complexity index is 807. The maximum Gasteiger partial charge on any atom is 0.253 e. The quantitative estimate of drug-likeness (QED) is 0.227. The third kappa shape index (κ3) is 8.31. The normalized spacial score (nSPS) is 10.9. The van der Waals surface area contributed by atoms with Gasteiger partial charge in [0.1, 0.15) is 0 Å². The number of halogens is 1. The maximum atomic E-state index is 12.0. The summed E-state index contributed by atoms with van der Waals surface area (Å²) in [4.78, 5) is 17.8. The molecule has 0 atom stereocenters. The van der Waals surface area contributed by atoms with Gasteiger partial charge in [-0.05, 0) is 35.2 Å². The van der Waals surface area contributed by atoms with E-state index in [2.05, 4.69) is 34.7 Å². The number of nitrogens with one attached hydrogen (secondary N) is 2. The topological polar surface area (TPSA) is 66.0 Å². The smallest absolute Gasteiger partial charge is 0.253 e. The van der Waals surface area contributed by atoms with Gasteiger partial charge in [-0.15, -0.1) is 24.0 Å². The van der Waals surface area contributed by atoms with Crippen molar-refractivity contribution in [3.05, 3.63) is 70.8 Å². The first-order valence-electron chi connectivity index (χ1n) is 9.94. The fourth-order valence-corrected chi connectivity index (χ4v) is 2.81. The molecule has 0 aliphatic rings. The summed E-state index contributed by atoms with van der Waals surface area (Å²) in [6.45, 7) is 4.79. The van der Waals surface area contributed by atoms with Gasteiger partial charge in [-0.1, -0.05) is 43.3 Å². The van der Waals surface area contributed by atoms with E-state index in [1.54, 1.807) is 26.0 Å². The molecule has 0 bridgehead atoms. The molecule has 0 radical (unpaired) electrons. The highest BCUT2D eigenvalue weighted by Crippen LogP contribution is 2.10. The van der Waals surface area contributed by atoms with Crippen LogP contribution in [0.4, 0.5) is 0 Å². The summed E-state index contributed by atoms with van der Waals surface area (Å²) in [6.07, 6.45) is 1.02. The SMILES string of the molecule is CCCOCc1ccccc1CNC(=NC)NCc1ccc(C(=O)N(C)C)cc1.I. The molecule has 0 aliphatic heterocycles. The van der Waals surface area contributed by atoms with Gasteiger partial charge >= 0.3 is 0 Å². The van der Waals surface area contributed by atoms with Gasteiger partial charge in [-0.25, -0.2) is 0 Å². The van der Waals surface area contributed by atoms with E-state index >= 15 is 0 Å². The molecule has 0 unspecified atom stereocenters. The highest BCUT2D eigenvalue weighted by molar-refractivity contribution is 14.0. The van der Waals surface area contributed by atoms with Gasteiger partial charge in [0.05, 0.1) is 6.61 Å².